The lowest BCUT2D eigenvalue weighted by Crippen LogP contribution is -2.46. The summed E-state index contributed by atoms with van der Waals surface area (Å²) in [6, 6.07) is 0. The Morgan fingerprint density at radius 1 is 1.62 bits per heavy atom. The maximum atomic E-state index is 14.6. The SMILES string of the molecule is C#C[C@]1(O)C(n2cnc3c(=O)[nH]c(N)nc32)O[C@](F)(CCO)[C@H]1F. The first kappa shape index (κ1) is 16.3. The van der Waals surface area contributed by atoms with Gasteiger partial charge in [0.1, 0.15) is 0 Å². The predicted octanol–water partition coefficient (Wildman–Crippen LogP) is -1.02. The lowest BCUT2D eigenvalue weighted by Gasteiger charge is -2.24. The highest BCUT2D eigenvalue weighted by molar-refractivity contribution is 5.70. The zero-order valence-corrected chi connectivity index (χ0v) is 12.1. The quantitative estimate of drug-likeness (QED) is 0.524. The van der Waals surface area contributed by atoms with Crippen molar-refractivity contribution < 1.29 is 23.7 Å². The minimum Gasteiger partial charge on any atom is -0.396 e. The summed E-state index contributed by atoms with van der Waals surface area (Å²) in [6.45, 7) is -0.736. The van der Waals surface area contributed by atoms with Gasteiger partial charge in [-0.2, -0.15) is 4.98 Å². The maximum Gasteiger partial charge on any atom is 0.280 e. The summed E-state index contributed by atoms with van der Waals surface area (Å²) in [7, 11) is 0. The minimum atomic E-state index is -3.02. The number of aromatic nitrogens is 4. The molecule has 2 aromatic rings. The number of hydrogen-bond donors (Lipinski definition) is 4. The number of nitrogens with one attached hydrogen (secondary N) is 1. The van der Waals surface area contributed by atoms with Gasteiger partial charge in [0.05, 0.1) is 6.33 Å². The summed E-state index contributed by atoms with van der Waals surface area (Å²) in [5, 5.41) is 19.3. The van der Waals surface area contributed by atoms with Gasteiger partial charge >= 0.3 is 0 Å². The summed E-state index contributed by atoms with van der Waals surface area (Å²) in [6.07, 6.45) is 1.00. The predicted molar refractivity (Wildman–Crippen MR) is 76.9 cm³/mol. The summed E-state index contributed by atoms with van der Waals surface area (Å²) < 4.78 is 35.0. The number of alkyl halides is 2. The van der Waals surface area contributed by atoms with E-state index in [1.165, 1.54) is 0 Å². The fraction of sp³-hybridized carbons (Fsp3) is 0.462. The number of fused-ring (bicyclic) bond motifs is 1. The lowest BCUT2D eigenvalue weighted by atomic mass is 9.94. The van der Waals surface area contributed by atoms with Gasteiger partial charge in [-0.3, -0.25) is 14.3 Å². The van der Waals surface area contributed by atoms with E-state index in [-0.39, 0.29) is 17.1 Å². The van der Waals surface area contributed by atoms with Crippen molar-refractivity contribution in [1.29, 1.82) is 0 Å². The van der Waals surface area contributed by atoms with Gasteiger partial charge in [-0.25, -0.2) is 13.8 Å². The van der Waals surface area contributed by atoms with Crippen LogP contribution in [0.1, 0.15) is 12.6 Å². The van der Waals surface area contributed by atoms with E-state index in [2.05, 4.69) is 15.0 Å². The van der Waals surface area contributed by atoms with E-state index in [1.54, 1.807) is 5.92 Å². The summed E-state index contributed by atoms with van der Waals surface area (Å²) in [5.41, 5.74) is 1.70. The number of anilines is 1. The van der Waals surface area contributed by atoms with Gasteiger partial charge in [-0.05, 0) is 0 Å². The fourth-order valence-corrected chi connectivity index (χ4v) is 2.65. The molecule has 1 fully saturated rings. The Hall–Kier alpha value is -2.55. The number of nitrogens with two attached hydrogens (primary N) is 1. The lowest BCUT2D eigenvalue weighted by molar-refractivity contribution is -0.183. The number of hydrogen-bond acceptors (Lipinski definition) is 7. The molecule has 0 amide bonds. The van der Waals surface area contributed by atoms with Crippen molar-refractivity contribution in [3.05, 3.63) is 16.7 Å². The first-order valence-corrected chi connectivity index (χ1v) is 6.81. The van der Waals surface area contributed by atoms with E-state index >= 15 is 0 Å². The van der Waals surface area contributed by atoms with Crippen LogP contribution in [-0.2, 0) is 4.74 Å². The number of imidazole rings is 1. The van der Waals surface area contributed by atoms with Crippen LogP contribution in [0.25, 0.3) is 11.2 Å². The molecule has 1 aliphatic rings. The molecule has 2 aromatic heterocycles. The molecule has 128 valence electrons. The molecule has 0 spiro atoms. The summed E-state index contributed by atoms with van der Waals surface area (Å²) in [4.78, 5) is 21.6. The highest BCUT2D eigenvalue weighted by Crippen LogP contribution is 2.48. The van der Waals surface area contributed by atoms with Crippen LogP contribution >= 0.6 is 0 Å². The third-order valence-corrected chi connectivity index (χ3v) is 3.84. The number of aromatic amines is 1. The van der Waals surface area contributed by atoms with Gasteiger partial charge in [0.2, 0.25) is 23.6 Å². The van der Waals surface area contributed by atoms with Gasteiger partial charge < -0.3 is 20.7 Å². The Bertz CT molecular complexity index is 893. The molecule has 9 nitrogen and oxygen atoms in total. The van der Waals surface area contributed by atoms with Crippen LogP contribution in [0.3, 0.4) is 0 Å². The van der Waals surface area contributed by atoms with Gasteiger partial charge in [0, 0.05) is 13.0 Å². The molecule has 5 N–H and O–H groups in total. The topological polar surface area (TPSA) is 139 Å². The molecule has 3 rings (SSSR count). The van der Waals surface area contributed by atoms with Crippen molar-refractivity contribution >= 4 is 17.1 Å². The monoisotopic (exact) mass is 341 g/mol. The summed E-state index contributed by atoms with van der Waals surface area (Å²) >= 11 is 0. The largest absolute Gasteiger partial charge is 0.396 e. The number of halogens is 2. The molecule has 0 aromatic carbocycles. The van der Waals surface area contributed by atoms with Gasteiger partial charge in [-0.15, -0.1) is 6.42 Å². The first-order valence-electron chi connectivity index (χ1n) is 6.81. The van der Waals surface area contributed by atoms with Crippen LogP contribution in [-0.4, -0.2) is 54.0 Å². The van der Waals surface area contributed by atoms with Crippen molar-refractivity contribution in [1.82, 2.24) is 19.5 Å². The number of aliphatic hydroxyl groups excluding tert-OH is 1. The van der Waals surface area contributed by atoms with Crippen LogP contribution < -0.4 is 11.3 Å². The Morgan fingerprint density at radius 2 is 2.33 bits per heavy atom. The van der Waals surface area contributed by atoms with E-state index in [1.807, 2.05) is 0 Å². The number of terminal acetylenes is 1. The minimum absolute atomic E-state index is 0.171. The van der Waals surface area contributed by atoms with Crippen molar-refractivity contribution in [2.24, 2.45) is 0 Å². The second-order valence-corrected chi connectivity index (χ2v) is 5.34. The van der Waals surface area contributed by atoms with Crippen LogP contribution in [0.2, 0.25) is 0 Å². The van der Waals surface area contributed by atoms with E-state index in [9.17, 15) is 18.7 Å². The normalized spacial score (nSPS) is 33.0. The molecule has 4 atom stereocenters. The van der Waals surface area contributed by atoms with E-state index in [0.29, 0.717) is 0 Å². The Balaban J connectivity index is 2.19. The van der Waals surface area contributed by atoms with E-state index in [0.717, 1.165) is 10.9 Å². The maximum absolute atomic E-state index is 14.6. The number of aliphatic hydroxyl groups is 2. The molecule has 1 aliphatic heterocycles. The molecule has 0 saturated carbocycles. The Kier molecular flexibility index (Phi) is 3.56. The van der Waals surface area contributed by atoms with E-state index in [4.69, 9.17) is 22.0 Å². The highest BCUT2D eigenvalue weighted by atomic mass is 19.2. The number of nitrogens with zero attached hydrogens (tertiary/aromatic N) is 3. The van der Waals surface area contributed by atoms with Gasteiger partial charge in [0.25, 0.3) is 5.56 Å². The second-order valence-electron chi connectivity index (χ2n) is 5.34. The third kappa shape index (κ3) is 2.08. The van der Waals surface area contributed by atoms with Crippen LogP contribution in [0.15, 0.2) is 11.1 Å². The van der Waals surface area contributed by atoms with Crippen molar-refractivity contribution in [2.75, 3.05) is 12.3 Å². The Morgan fingerprint density at radius 3 is 2.96 bits per heavy atom. The zero-order valence-electron chi connectivity index (χ0n) is 12.1. The molecule has 1 saturated heterocycles. The molecule has 3 heterocycles. The van der Waals surface area contributed by atoms with Crippen molar-refractivity contribution in [3.63, 3.8) is 0 Å². The van der Waals surface area contributed by atoms with E-state index < -0.39 is 42.4 Å². The number of rotatable bonds is 3. The fourth-order valence-electron chi connectivity index (χ4n) is 2.65. The first-order chi connectivity index (χ1) is 11.3. The standard InChI is InChI=1S/C13H13F2N5O4/c1-2-12(23)9(14)13(15,3-4-21)24-10(12)20-5-17-6-7(20)18-11(16)19-8(6)22/h1,5,9-10,21,23H,3-4H2,(H3,16,18,19,22)/t9-,10?,12+,13+/m0/s1. The van der Waals surface area contributed by atoms with Crippen LogP contribution in [0.4, 0.5) is 14.7 Å². The molecular weight excluding hydrogens is 328 g/mol. The molecular formula is C13H13F2N5O4. The van der Waals surface area contributed by atoms with Crippen LogP contribution in [0, 0.1) is 12.3 Å². The number of ether oxygens (including phenoxy) is 1. The van der Waals surface area contributed by atoms with Crippen LogP contribution in [0.5, 0.6) is 0 Å². The Labute approximate surface area is 133 Å². The number of H-pyrrole nitrogens is 1. The molecule has 11 heteroatoms. The van der Waals surface area contributed by atoms with Gasteiger partial charge in [0.15, 0.2) is 17.4 Å². The smallest absolute Gasteiger partial charge is 0.280 e. The third-order valence-electron chi connectivity index (χ3n) is 3.84. The zero-order chi connectivity index (χ0) is 17.7. The number of nitrogen functional groups attached to an aromatic ring is 1. The summed E-state index contributed by atoms with van der Waals surface area (Å²) in [5.74, 6) is -1.52. The second kappa shape index (κ2) is 5.23. The molecule has 0 bridgehead atoms. The average Bonchev–Trinajstić information content (AvgIpc) is 3.02. The average molecular weight is 341 g/mol. The molecule has 0 aliphatic carbocycles. The van der Waals surface area contributed by atoms with Crippen molar-refractivity contribution in [3.8, 4) is 12.3 Å². The highest BCUT2D eigenvalue weighted by Gasteiger charge is 2.66. The molecule has 0 radical (unpaired) electrons. The molecule has 24 heavy (non-hydrogen) atoms. The van der Waals surface area contributed by atoms with Crippen molar-refractivity contribution in [2.45, 2.75) is 30.3 Å². The molecule has 1 unspecified atom stereocenters. The van der Waals surface area contributed by atoms with Gasteiger partial charge in [-0.1, -0.05) is 5.92 Å².